The van der Waals surface area contributed by atoms with Gasteiger partial charge in [0.05, 0.1) is 0 Å². The van der Waals surface area contributed by atoms with Gasteiger partial charge in [0.25, 0.3) is 0 Å². The molecule has 0 amide bonds. The van der Waals surface area contributed by atoms with Gasteiger partial charge in [-0.05, 0) is 38.0 Å². The Balaban J connectivity index is 1.84. The van der Waals surface area contributed by atoms with Gasteiger partial charge in [0, 0.05) is 44.8 Å². The Morgan fingerprint density at radius 3 is 2.05 bits per heavy atom. The van der Waals surface area contributed by atoms with E-state index >= 15 is 0 Å². The molecule has 3 heteroatoms. The molecule has 0 radical (unpaired) electrons. The molecule has 118 valence electrons. The maximum Gasteiger partial charge on any atom is 0.0247 e. The molecular formula is C17H35N3. The Labute approximate surface area is 125 Å². The molecule has 2 unspecified atom stereocenters. The first-order valence-corrected chi connectivity index (χ1v) is 8.83. The summed E-state index contributed by atoms with van der Waals surface area (Å²) < 4.78 is 0. The normalized spacial score (nSPS) is 33.0. The van der Waals surface area contributed by atoms with Crippen LogP contribution >= 0.6 is 0 Å². The summed E-state index contributed by atoms with van der Waals surface area (Å²) in [6, 6.07) is 1.38. The smallest absolute Gasteiger partial charge is 0.0247 e. The first-order valence-electron chi connectivity index (χ1n) is 8.83. The van der Waals surface area contributed by atoms with Crippen molar-refractivity contribution in [1.82, 2.24) is 9.80 Å². The monoisotopic (exact) mass is 281 g/mol. The maximum absolute atomic E-state index is 6.13. The molecule has 2 aliphatic rings. The van der Waals surface area contributed by atoms with Crippen molar-refractivity contribution in [3.63, 3.8) is 0 Å². The van der Waals surface area contributed by atoms with E-state index in [1.54, 1.807) is 0 Å². The van der Waals surface area contributed by atoms with E-state index in [1.807, 2.05) is 0 Å². The van der Waals surface area contributed by atoms with Crippen molar-refractivity contribution in [3.05, 3.63) is 0 Å². The average Bonchev–Trinajstić information content (AvgIpc) is 2.50. The maximum atomic E-state index is 6.13. The van der Waals surface area contributed by atoms with E-state index in [0.29, 0.717) is 6.04 Å². The third-order valence-electron chi connectivity index (χ3n) is 5.88. The molecule has 1 saturated heterocycles. The van der Waals surface area contributed by atoms with Crippen LogP contribution in [0.4, 0.5) is 0 Å². The third-order valence-corrected chi connectivity index (χ3v) is 5.88. The molecule has 2 atom stereocenters. The van der Waals surface area contributed by atoms with E-state index < -0.39 is 0 Å². The van der Waals surface area contributed by atoms with Crippen molar-refractivity contribution < 1.29 is 0 Å². The zero-order valence-electron chi connectivity index (χ0n) is 13.9. The quantitative estimate of drug-likeness (QED) is 0.840. The number of rotatable bonds is 5. The van der Waals surface area contributed by atoms with Crippen LogP contribution in [0.2, 0.25) is 0 Å². The van der Waals surface area contributed by atoms with E-state index in [9.17, 15) is 0 Å². The first kappa shape index (κ1) is 16.3. The van der Waals surface area contributed by atoms with Crippen LogP contribution in [0.3, 0.4) is 0 Å². The molecule has 3 nitrogen and oxygen atoms in total. The van der Waals surface area contributed by atoms with Crippen molar-refractivity contribution in [2.24, 2.45) is 17.6 Å². The number of nitrogens with two attached hydrogens (primary N) is 1. The average molecular weight is 281 g/mol. The molecule has 1 heterocycles. The Hall–Kier alpha value is -0.120. The Bertz CT molecular complexity index is 265. The second-order valence-corrected chi connectivity index (χ2v) is 7.15. The third kappa shape index (κ3) is 3.96. The lowest BCUT2D eigenvalue weighted by atomic mass is 9.78. The van der Waals surface area contributed by atoms with E-state index in [1.165, 1.54) is 58.3 Å². The minimum Gasteiger partial charge on any atom is -0.329 e. The summed E-state index contributed by atoms with van der Waals surface area (Å²) in [5, 5.41) is 0. The number of hydrogen-bond acceptors (Lipinski definition) is 3. The van der Waals surface area contributed by atoms with Gasteiger partial charge in [0.15, 0.2) is 0 Å². The summed E-state index contributed by atoms with van der Waals surface area (Å²) in [7, 11) is 0. The highest BCUT2D eigenvalue weighted by Gasteiger charge is 2.31. The number of piperazine rings is 1. The summed E-state index contributed by atoms with van der Waals surface area (Å²) in [6.45, 7) is 12.8. The van der Waals surface area contributed by atoms with Crippen LogP contribution in [0, 0.1) is 11.8 Å². The molecule has 20 heavy (non-hydrogen) atoms. The number of nitrogens with zero attached hydrogens (tertiary/aromatic N) is 2. The predicted octanol–water partition coefficient (Wildman–Crippen LogP) is 2.56. The van der Waals surface area contributed by atoms with Crippen molar-refractivity contribution in [2.75, 3.05) is 32.7 Å². The fraction of sp³-hybridized carbons (Fsp3) is 1.00. The van der Waals surface area contributed by atoms with Gasteiger partial charge in [-0.1, -0.05) is 26.7 Å². The van der Waals surface area contributed by atoms with Crippen LogP contribution in [0.1, 0.15) is 52.9 Å². The zero-order chi connectivity index (χ0) is 14.5. The lowest BCUT2D eigenvalue weighted by Crippen LogP contribution is -2.56. The molecule has 0 aromatic carbocycles. The van der Waals surface area contributed by atoms with E-state index in [-0.39, 0.29) is 0 Å². The van der Waals surface area contributed by atoms with E-state index in [2.05, 4.69) is 30.6 Å². The van der Waals surface area contributed by atoms with Crippen LogP contribution < -0.4 is 5.73 Å². The topological polar surface area (TPSA) is 32.5 Å². The lowest BCUT2D eigenvalue weighted by Gasteiger charge is -2.44. The molecule has 2 fully saturated rings. The van der Waals surface area contributed by atoms with Crippen molar-refractivity contribution in [3.8, 4) is 0 Å². The van der Waals surface area contributed by atoms with Gasteiger partial charge in [0.1, 0.15) is 0 Å². The fourth-order valence-electron chi connectivity index (χ4n) is 4.08. The highest BCUT2D eigenvalue weighted by molar-refractivity contribution is 4.87. The van der Waals surface area contributed by atoms with Gasteiger partial charge >= 0.3 is 0 Å². The Morgan fingerprint density at radius 2 is 1.55 bits per heavy atom. The molecule has 0 aromatic rings. The van der Waals surface area contributed by atoms with Crippen molar-refractivity contribution in [2.45, 2.75) is 65.0 Å². The van der Waals surface area contributed by atoms with Crippen molar-refractivity contribution >= 4 is 0 Å². The standard InChI is InChI=1S/C17H35N3/c1-4-15(3)19-9-11-20(12-10-19)17(13-18)16-7-5-14(2)6-8-16/h14-17H,4-13,18H2,1-3H3. The van der Waals surface area contributed by atoms with Gasteiger partial charge in [-0.3, -0.25) is 9.80 Å². The summed E-state index contributed by atoms with van der Waals surface area (Å²) >= 11 is 0. The van der Waals surface area contributed by atoms with Crippen molar-refractivity contribution in [1.29, 1.82) is 0 Å². The molecule has 1 aliphatic heterocycles. The molecule has 1 aliphatic carbocycles. The van der Waals surface area contributed by atoms with E-state index in [0.717, 1.165) is 24.4 Å². The van der Waals surface area contributed by atoms with Crippen LogP contribution in [0.5, 0.6) is 0 Å². The zero-order valence-corrected chi connectivity index (χ0v) is 13.9. The van der Waals surface area contributed by atoms with Gasteiger partial charge < -0.3 is 5.73 Å². The molecule has 1 saturated carbocycles. The molecule has 0 spiro atoms. The summed E-state index contributed by atoms with van der Waals surface area (Å²) in [5.41, 5.74) is 6.13. The van der Waals surface area contributed by atoms with Gasteiger partial charge in [0.2, 0.25) is 0 Å². The lowest BCUT2D eigenvalue weighted by molar-refractivity contribution is 0.0430. The van der Waals surface area contributed by atoms with Gasteiger partial charge in [-0.2, -0.15) is 0 Å². The summed E-state index contributed by atoms with van der Waals surface area (Å²) in [5.74, 6) is 1.79. The molecule has 0 aromatic heterocycles. The van der Waals surface area contributed by atoms with Gasteiger partial charge in [-0.15, -0.1) is 0 Å². The van der Waals surface area contributed by atoms with Crippen LogP contribution in [0.25, 0.3) is 0 Å². The van der Waals surface area contributed by atoms with Crippen LogP contribution in [0.15, 0.2) is 0 Å². The molecule has 2 rings (SSSR count). The second kappa shape index (κ2) is 7.77. The van der Waals surface area contributed by atoms with Crippen LogP contribution in [-0.2, 0) is 0 Å². The summed E-state index contributed by atoms with van der Waals surface area (Å²) in [4.78, 5) is 5.34. The SMILES string of the molecule is CCC(C)N1CCN(C(CN)C2CCC(C)CC2)CC1. The molecule has 0 bridgehead atoms. The molecular weight excluding hydrogens is 246 g/mol. The Kier molecular flexibility index (Phi) is 6.31. The predicted molar refractivity (Wildman–Crippen MR) is 86.9 cm³/mol. The van der Waals surface area contributed by atoms with E-state index in [4.69, 9.17) is 5.73 Å². The number of hydrogen-bond donors (Lipinski definition) is 1. The minimum absolute atomic E-state index is 0.640. The highest BCUT2D eigenvalue weighted by Crippen LogP contribution is 2.32. The highest BCUT2D eigenvalue weighted by atomic mass is 15.3. The fourth-order valence-corrected chi connectivity index (χ4v) is 4.08. The second-order valence-electron chi connectivity index (χ2n) is 7.15. The first-order chi connectivity index (χ1) is 9.65. The minimum atomic E-state index is 0.640. The van der Waals surface area contributed by atoms with Gasteiger partial charge in [-0.25, -0.2) is 0 Å². The Morgan fingerprint density at radius 1 is 1.00 bits per heavy atom. The largest absolute Gasteiger partial charge is 0.329 e. The van der Waals surface area contributed by atoms with Crippen LogP contribution in [-0.4, -0.2) is 54.6 Å². The summed E-state index contributed by atoms with van der Waals surface area (Å²) in [6.07, 6.45) is 6.88. The molecule has 2 N–H and O–H groups in total.